The highest BCUT2D eigenvalue weighted by atomic mass is 16.1. The molecule has 19 heavy (non-hydrogen) atoms. The molecule has 0 heterocycles. The van der Waals surface area contributed by atoms with E-state index >= 15 is 0 Å². The van der Waals surface area contributed by atoms with Crippen molar-refractivity contribution in [2.45, 2.75) is 26.7 Å². The van der Waals surface area contributed by atoms with Gasteiger partial charge in [0, 0.05) is 28.4 Å². The quantitative estimate of drug-likeness (QED) is 0.663. The maximum absolute atomic E-state index is 12.8. The predicted molar refractivity (Wildman–Crippen MR) is 72.2 cm³/mol. The Morgan fingerprint density at radius 3 is 2.74 bits per heavy atom. The van der Waals surface area contributed by atoms with Crippen molar-refractivity contribution >= 4 is 11.6 Å². The van der Waals surface area contributed by atoms with Gasteiger partial charge in [0.05, 0.1) is 0 Å². The van der Waals surface area contributed by atoms with Gasteiger partial charge < -0.3 is 0 Å². The van der Waals surface area contributed by atoms with Crippen molar-refractivity contribution < 1.29 is 9.59 Å². The average molecular weight is 252 g/mol. The molecular formula is C17H16O2. The Kier molecular flexibility index (Phi) is 1.90. The summed E-state index contributed by atoms with van der Waals surface area (Å²) in [5.74, 6) is 0.116. The molecule has 2 nitrogen and oxygen atoms in total. The number of Topliss-reactive ketones (excluding diaryl/α,β-unsaturated/α-hetero) is 2. The van der Waals surface area contributed by atoms with E-state index in [2.05, 4.69) is 13.0 Å². The monoisotopic (exact) mass is 252 g/mol. The number of carbonyl (C=O) groups is 2. The topological polar surface area (TPSA) is 34.1 Å². The predicted octanol–water partition coefficient (Wildman–Crippen LogP) is 3.35. The summed E-state index contributed by atoms with van der Waals surface area (Å²) >= 11 is 0. The number of aryl methyl sites for hydroxylation is 1. The molecule has 3 aliphatic carbocycles. The second-order valence-electron chi connectivity index (χ2n) is 6.42. The first-order valence-corrected chi connectivity index (χ1v) is 6.91. The van der Waals surface area contributed by atoms with Crippen LogP contribution in [0.15, 0.2) is 29.8 Å². The van der Waals surface area contributed by atoms with Crippen molar-refractivity contribution in [3.05, 3.63) is 46.5 Å². The lowest BCUT2D eigenvalue weighted by Crippen LogP contribution is -2.42. The van der Waals surface area contributed by atoms with Crippen LogP contribution in [0.4, 0.5) is 0 Å². The molecule has 1 saturated carbocycles. The normalized spacial score (nSPS) is 35.2. The zero-order valence-corrected chi connectivity index (χ0v) is 11.2. The third-order valence-corrected chi connectivity index (χ3v) is 5.20. The lowest BCUT2D eigenvalue weighted by Gasteiger charge is -2.36. The van der Waals surface area contributed by atoms with Crippen LogP contribution in [0.3, 0.4) is 0 Å². The Balaban J connectivity index is 1.92. The van der Waals surface area contributed by atoms with E-state index in [0.29, 0.717) is 11.1 Å². The fraction of sp³-hybridized carbons (Fsp3) is 0.412. The molecule has 0 radical (unpaired) electrons. The highest BCUT2D eigenvalue weighted by Crippen LogP contribution is 2.64. The van der Waals surface area contributed by atoms with Gasteiger partial charge in [-0.05, 0) is 25.8 Å². The molecule has 3 unspecified atom stereocenters. The van der Waals surface area contributed by atoms with Gasteiger partial charge in [-0.1, -0.05) is 36.3 Å². The zero-order valence-electron chi connectivity index (χ0n) is 11.2. The van der Waals surface area contributed by atoms with Crippen LogP contribution in [0.25, 0.3) is 0 Å². The van der Waals surface area contributed by atoms with Gasteiger partial charge in [0.1, 0.15) is 0 Å². The van der Waals surface area contributed by atoms with Crippen molar-refractivity contribution in [3.63, 3.8) is 0 Å². The van der Waals surface area contributed by atoms with Gasteiger partial charge in [-0.15, -0.1) is 0 Å². The molecule has 0 aromatic heterocycles. The SMILES string of the molecule is Cc1ccc2c(c1)C(=O)C1CC=C3CC3(C)C1C2=O. The van der Waals surface area contributed by atoms with Gasteiger partial charge >= 0.3 is 0 Å². The molecule has 0 saturated heterocycles. The average Bonchev–Trinajstić information content (AvgIpc) is 3.06. The Morgan fingerprint density at radius 2 is 1.95 bits per heavy atom. The Hall–Kier alpha value is -1.70. The van der Waals surface area contributed by atoms with Crippen LogP contribution in [-0.2, 0) is 0 Å². The van der Waals surface area contributed by atoms with Gasteiger partial charge in [-0.3, -0.25) is 9.59 Å². The Labute approximate surface area is 112 Å². The van der Waals surface area contributed by atoms with Crippen LogP contribution in [0.1, 0.15) is 46.0 Å². The molecule has 3 atom stereocenters. The third kappa shape index (κ3) is 1.27. The minimum atomic E-state index is -0.127. The first-order valence-electron chi connectivity index (χ1n) is 6.91. The molecule has 0 bridgehead atoms. The number of benzene rings is 1. The maximum atomic E-state index is 12.8. The lowest BCUT2D eigenvalue weighted by molar-refractivity contribution is 0.0656. The molecular weight excluding hydrogens is 236 g/mol. The third-order valence-electron chi connectivity index (χ3n) is 5.20. The molecule has 0 aliphatic heterocycles. The Bertz CT molecular complexity index is 668. The largest absolute Gasteiger partial charge is 0.294 e. The standard InChI is InChI=1S/C17H16O2/c1-9-3-5-11-13(7-9)15(18)12-6-4-10-8-17(10,2)14(12)16(11)19/h3-5,7,12,14H,6,8H2,1-2H3. The van der Waals surface area contributed by atoms with Crippen LogP contribution in [0, 0.1) is 24.2 Å². The summed E-state index contributed by atoms with van der Waals surface area (Å²) in [5, 5.41) is 0. The summed E-state index contributed by atoms with van der Waals surface area (Å²) in [7, 11) is 0. The number of ketones is 2. The number of fused-ring (bicyclic) bond motifs is 4. The number of allylic oxidation sites excluding steroid dienone is 2. The van der Waals surface area contributed by atoms with Crippen LogP contribution >= 0.6 is 0 Å². The first-order chi connectivity index (χ1) is 9.02. The van der Waals surface area contributed by atoms with Crippen LogP contribution < -0.4 is 0 Å². The van der Waals surface area contributed by atoms with E-state index in [1.807, 2.05) is 25.1 Å². The molecule has 0 amide bonds. The number of rotatable bonds is 0. The molecule has 1 aromatic rings. The lowest BCUT2D eigenvalue weighted by atomic mass is 9.64. The fourth-order valence-electron chi connectivity index (χ4n) is 3.99. The fourth-order valence-corrected chi connectivity index (χ4v) is 3.99. The number of hydrogen-bond donors (Lipinski definition) is 0. The van der Waals surface area contributed by atoms with Gasteiger partial charge in [0.25, 0.3) is 0 Å². The van der Waals surface area contributed by atoms with Crippen LogP contribution in [-0.4, -0.2) is 11.6 Å². The molecule has 3 aliphatic rings. The van der Waals surface area contributed by atoms with Gasteiger partial charge in [-0.25, -0.2) is 0 Å². The molecule has 96 valence electrons. The van der Waals surface area contributed by atoms with E-state index in [9.17, 15) is 9.59 Å². The Morgan fingerprint density at radius 1 is 1.16 bits per heavy atom. The molecule has 0 N–H and O–H groups in total. The summed E-state index contributed by atoms with van der Waals surface area (Å²) in [6.45, 7) is 4.10. The number of hydrogen-bond acceptors (Lipinski definition) is 2. The van der Waals surface area contributed by atoms with E-state index in [-0.39, 0.29) is 28.8 Å². The van der Waals surface area contributed by atoms with Crippen molar-refractivity contribution in [2.24, 2.45) is 17.3 Å². The first kappa shape index (κ1) is 11.2. The molecule has 0 spiro atoms. The summed E-state index contributed by atoms with van der Waals surface area (Å²) in [5.41, 5.74) is 3.69. The van der Waals surface area contributed by atoms with Gasteiger partial charge in [0.15, 0.2) is 11.6 Å². The molecule has 4 rings (SSSR count). The van der Waals surface area contributed by atoms with Crippen molar-refractivity contribution in [1.29, 1.82) is 0 Å². The van der Waals surface area contributed by atoms with E-state index < -0.39 is 0 Å². The molecule has 2 heteroatoms. The summed E-state index contributed by atoms with van der Waals surface area (Å²) < 4.78 is 0. The smallest absolute Gasteiger partial charge is 0.168 e. The second-order valence-corrected chi connectivity index (χ2v) is 6.42. The van der Waals surface area contributed by atoms with Gasteiger partial charge in [-0.2, -0.15) is 0 Å². The zero-order chi connectivity index (χ0) is 13.4. The summed E-state index contributed by atoms with van der Waals surface area (Å²) in [6, 6.07) is 5.64. The van der Waals surface area contributed by atoms with Crippen molar-refractivity contribution in [2.75, 3.05) is 0 Å². The van der Waals surface area contributed by atoms with E-state index in [1.165, 1.54) is 5.57 Å². The van der Waals surface area contributed by atoms with E-state index in [1.54, 1.807) is 0 Å². The molecule has 1 fully saturated rings. The highest BCUT2D eigenvalue weighted by molar-refractivity contribution is 6.17. The van der Waals surface area contributed by atoms with E-state index in [4.69, 9.17) is 0 Å². The van der Waals surface area contributed by atoms with Crippen LogP contribution in [0.2, 0.25) is 0 Å². The van der Waals surface area contributed by atoms with Gasteiger partial charge in [0.2, 0.25) is 0 Å². The van der Waals surface area contributed by atoms with Crippen LogP contribution in [0.5, 0.6) is 0 Å². The second kappa shape index (κ2) is 3.24. The minimum Gasteiger partial charge on any atom is -0.294 e. The van der Waals surface area contributed by atoms with Crippen molar-refractivity contribution in [1.82, 2.24) is 0 Å². The van der Waals surface area contributed by atoms with Crippen molar-refractivity contribution in [3.8, 4) is 0 Å². The molecule has 1 aromatic carbocycles. The maximum Gasteiger partial charge on any atom is 0.168 e. The van der Waals surface area contributed by atoms with E-state index in [0.717, 1.165) is 18.4 Å². The highest BCUT2D eigenvalue weighted by Gasteiger charge is 2.60. The summed E-state index contributed by atoms with van der Waals surface area (Å²) in [6.07, 6.45) is 3.93. The summed E-state index contributed by atoms with van der Waals surface area (Å²) in [4.78, 5) is 25.4. The number of carbonyl (C=O) groups excluding carboxylic acids is 2. The minimum absolute atomic E-state index is 0.0295.